The van der Waals surface area contributed by atoms with Crippen LogP contribution in [0.1, 0.15) is 78.1 Å². The largest absolute Gasteiger partial charge is 0.469 e. The van der Waals surface area contributed by atoms with Gasteiger partial charge in [-0.3, -0.25) is 9.59 Å². The Kier molecular flexibility index (Phi) is 10.1. The standard InChI is InChI=1S/C21H36O5/c1-4-5-13-21(2,25)14-9-11-17-16(18(22)15-19(17)23)10-7-6-8-12-20(24)26-3/h9,11,16-17,19,23,25H,4-8,10,12-15H2,1-3H3/b11-9+. The van der Waals surface area contributed by atoms with E-state index >= 15 is 0 Å². The normalized spacial score (nSPS) is 25.6. The highest BCUT2D eigenvalue weighted by atomic mass is 16.5. The third-order valence-corrected chi connectivity index (χ3v) is 5.34. The zero-order valence-corrected chi connectivity index (χ0v) is 16.6. The molecule has 2 N–H and O–H groups in total. The van der Waals surface area contributed by atoms with Gasteiger partial charge in [-0.15, -0.1) is 0 Å². The molecular weight excluding hydrogens is 332 g/mol. The van der Waals surface area contributed by atoms with Crippen molar-refractivity contribution in [1.29, 1.82) is 0 Å². The van der Waals surface area contributed by atoms with Gasteiger partial charge < -0.3 is 14.9 Å². The number of hydrogen-bond acceptors (Lipinski definition) is 5. The first kappa shape index (κ1) is 22.8. The van der Waals surface area contributed by atoms with Crippen molar-refractivity contribution in [1.82, 2.24) is 0 Å². The zero-order chi connectivity index (χ0) is 19.6. The molecule has 0 aliphatic heterocycles. The molecule has 0 saturated heterocycles. The number of aliphatic hydroxyl groups is 2. The summed E-state index contributed by atoms with van der Waals surface area (Å²) in [6.45, 7) is 3.93. The number of carbonyl (C=O) groups is 2. The predicted octanol–water partition coefficient (Wildman–Crippen LogP) is 3.56. The van der Waals surface area contributed by atoms with E-state index < -0.39 is 11.7 Å². The number of ether oxygens (including phenoxy) is 1. The van der Waals surface area contributed by atoms with Crippen LogP contribution in [0.2, 0.25) is 0 Å². The second kappa shape index (κ2) is 11.5. The highest BCUT2D eigenvalue weighted by Crippen LogP contribution is 2.34. The first-order valence-electron chi connectivity index (χ1n) is 9.97. The van der Waals surface area contributed by atoms with E-state index in [0.717, 1.165) is 44.9 Å². The number of esters is 1. The van der Waals surface area contributed by atoms with E-state index in [0.29, 0.717) is 12.8 Å². The van der Waals surface area contributed by atoms with Gasteiger partial charge in [0.15, 0.2) is 0 Å². The SMILES string of the molecule is CCCCC(C)(O)C/C=C/C1C(O)CC(=O)C1CCCCCC(=O)OC. The molecule has 0 amide bonds. The van der Waals surface area contributed by atoms with Crippen molar-refractivity contribution in [2.75, 3.05) is 7.11 Å². The van der Waals surface area contributed by atoms with E-state index in [1.165, 1.54) is 7.11 Å². The number of ketones is 1. The van der Waals surface area contributed by atoms with Crippen LogP contribution in [0.5, 0.6) is 0 Å². The third kappa shape index (κ3) is 8.00. The van der Waals surface area contributed by atoms with Gasteiger partial charge in [-0.25, -0.2) is 0 Å². The van der Waals surface area contributed by atoms with E-state index in [2.05, 4.69) is 11.7 Å². The molecule has 150 valence electrons. The van der Waals surface area contributed by atoms with Crippen LogP contribution in [0, 0.1) is 11.8 Å². The van der Waals surface area contributed by atoms with Crippen LogP contribution < -0.4 is 0 Å². The maximum absolute atomic E-state index is 12.2. The maximum atomic E-state index is 12.2. The number of Topliss-reactive ketones (excluding diaryl/α,β-unsaturated/α-hetero) is 1. The molecule has 5 heteroatoms. The molecule has 5 nitrogen and oxygen atoms in total. The molecule has 1 rings (SSSR count). The van der Waals surface area contributed by atoms with E-state index in [9.17, 15) is 19.8 Å². The molecule has 0 spiro atoms. The van der Waals surface area contributed by atoms with Crippen LogP contribution >= 0.6 is 0 Å². The van der Waals surface area contributed by atoms with Gasteiger partial charge in [0.05, 0.1) is 18.8 Å². The summed E-state index contributed by atoms with van der Waals surface area (Å²) in [6, 6.07) is 0. The lowest BCUT2D eigenvalue weighted by Crippen LogP contribution is -2.23. The van der Waals surface area contributed by atoms with Crippen molar-refractivity contribution < 1.29 is 24.5 Å². The number of unbranched alkanes of at least 4 members (excludes halogenated alkanes) is 3. The third-order valence-electron chi connectivity index (χ3n) is 5.34. The Morgan fingerprint density at radius 1 is 1.31 bits per heavy atom. The van der Waals surface area contributed by atoms with E-state index in [1.807, 2.05) is 19.1 Å². The van der Waals surface area contributed by atoms with Crippen molar-refractivity contribution in [2.45, 2.75) is 89.8 Å². The van der Waals surface area contributed by atoms with E-state index in [-0.39, 0.29) is 30.0 Å². The number of hydrogen-bond donors (Lipinski definition) is 2. The van der Waals surface area contributed by atoms with Gasteiger partial charge in [-0.1, -0.05) is 44.8 Å². The molecule has 4 unspecified atom stereocenters. The summed E-state index contributed by atoms with van der Waals surface area (Å²) in [5.74, 6) is -0.392. The molecule has 0 aromatic carbocycles. The molecule has 0 heterocycles. The van der Waals surface area contributed by atoms with Gasteiger partial charge >= 0.3 is 5.97 Å². The molecule has 1 aliphatic rings. The number of aliphatic hydroxyl groups excluding tert-OH is 1. The minimum Gasteiger partial charge on any atom is -0.469 e. The molecular formula is C21H36O5. The molecule has 1 aliphatic carbocycles. The summed E-state index contributed by atoms with van der Waals surface area (Å²) < 4.78 is 4.62. The molecule has 0 bridgehead atoms. The number of carbonyl (C=O) groups excluding carboxylic acids is 2. The Morgan fingerprint density at radius 3 is 2.69 bits per heavy atom. The second-order valence-electron chi connectivity index (χ2n) is 7.83. The van der Waals surface area contributed by atoms with E-state index in [1.54, 1.807) is 0 Å². The Balaban J connectivity index is 2.47. The molecule has 26 heavy (non-hydrogen) atoms. The van der Waals surface area contributed by atoms with Crippen molar-refractivity contribution in [3.63, 3.8) is 0 Å². The van der Waals surface area contributed by atoms with Crippen molar-refractivity contribution >= 4 is 11.8 Å². The summed E-state index contributed by atoms with van der Waals surface area (Å²) in [5.41, 5.74) is -0.733. The van der Waals surface area contributed by atoms with E-state index in [4.69, 9.17) is 0 Å². The molecule has 1 fully saturated rings. The Bertz CT molecular complexity index is 469. The highest BCUT2D eigenvalue weighted by Gasteiger charge is 2.39. The quantitative estimate of drug-likeness (QED) is 0.313. The summed E-state index contributed by atoms with van der Waals surface area (Å²) >= 11 is 0. The van der Waals surface area contributed by atoms with Crippen LogP contribution in [-0.2, 0) is 14.3 Å². The number of rotatable bonds is 12. The summed E-state index contributed by atoms with van der Waals surface area (Å²) in [7, 11) is 1.39. The van der Waals surface area contributed by atoms with Crippen molar-refractivity contribution in [3.05, 3.63) is 12.2 Å². The van der Waals surface area contributed by atoms with Crippen molar-refractivity contribution in [2.24, 2.45) is 11.8 Å². The monoisotopic (exact) mass is 368 g/mol. The Morgan fingerprint density at radius 2 is 2.04 bits per heavy atom. The second-order valence-corrected chi connectivity index (χ2v) is 7.83. The van der Waals surface area contributed by atoms with Crippen LogP contribution in [0.25, 0.3) is 0 Å². The number of methoxy groups -OCH3 is 1. The fourth-order valence-corrected chi connectivity index (χ4v) is 3.64. The van der Waals surface area contributed by atoms with Crippen LogP contribution in [0.15, 0.2) is 12.2 Å². The topological polar surface area (TPSA) is 83.8 Å². The highest BCUT2D eigenvalue weighted by molar-refractivity contribution is 5.84. The smallest absolute Gasteiger partial charge is 0.305 e. The maximum Gasteiger partial charge on any atom is 0.305 e. The van der Waals surface area contributed by atoms with Crippen LogP contribution in [-0.4, -0.2) is 40.8 Å². The minimum atomic E-state index is -0.733. The minimum absolute atomic E-state index is 0.123. The molecule has 0 aromatic heterocycles. The zero-order valence-electron chi connectivity index (χ0n) is 16.6. The van der Waals surface area contributed by atoms with Gasteiger partial charge in [0.1, 0.15) is 5.78 Å². The molecule has 0 aromatic rings. The fourth-order valence-electron chi connectivity index (χ4n) is 3.64. The van der Waals surface area contributed by atoms with Gasteiger partial charge in [0.25, 0.3) is 0 Å². The first-order chi connectivity index (χ1) is 12.3. The molecule has 1 saturated carbocycles. The average molecular weight is 369 g/mol. The van der Waals surface area contributed by atoms with Gasteiger partial charge in [-0.2, -0.15) is 0 Å². The lowest BCUT2D eigenvalue weighted by molar-refractivity contribution is -0.140. The van der Waals surface area contributed by atoms with Gasteiger partial charge in [0, 0.05) is 24.7 Å². The molecule has 4 atom stereocenters. The summed E-state index contributed by atoms with van der Waals surface area (Å²) in [6.07, 6.45) is 10.4. The molecule has 0 radical (unpaired) electrons. The lowest BCUT2D eigenvalue weighted by atomic mass is 9.87. The van der Waals surface area contributed by atoms with Gasteiger partial charge in [0.2, 0.25) is 0 Å². The first-order valence-corrected chi connectivity index (χ1v) is 9.97. The summed E-state index contributed by atoms with van der Waals surface area (Å²) in [4.78, 5) is 23.3. The fraction of sp³-hybridized carbons (Fsp3) is 0.810. The van der Waals surface area contributed by atoms with Crippen LogP contribution in [0.3, 0.4) is 0 Å². The predicted molar refractivity (Wildman–Crippen MR) is 102 cm³/mol. The van der Waals surface area contributed by atoms with Crippen LogP contribution in [0.4, 0.5) is 0 Å². The summed E-state index contributed by atoms with van der Waals surface area (Å²) in [5, 5.41) is 20.6. The average Bonchev–Trinajstić information content (AvgIpc) is 2.86. The van der Waals surface area contributed by atoms with Crippen molar-refractivity contribution in [3.8, 4) is 0 Å². The Hall–Kier alpha value is -1.20. The Labute approximate surface area is 157 Å². The van der Waals surface area contributed by atoms with Gasteiger partial charge in [-0.05, 0) is 32.6 Å². The lowest BCUT2D eigenvalue weighted by Gasteiger charge is -2.22.